The van der Waals surface area contributed by atoms with Gasteiger partial charge >= 0.3 is 0 Å². The lowest BCUT2D eigenvalue weighted by molar-refractivity contribution is 0.103. The largest absolute Gasteiger partial charge is 0.287 e. The average Bonchev–Trinajstić information content (AvgIpc) is 2.77. The van der Waals surface area contributed by atoms with Crippen LogP contribution in [0.1, 0.15) is 20.9 Å². The number of nitrogens with zero attached hydrogens (tertiary/aromatic N) is 2. The van der Waals surface area contributed by atoms with E-state index in [9.17, 15) is 4.79 Å². The number of hydrogen-bond donors (Lipinski definition) is 0. The number of benzene rings is 1. The van der Waals surface area contributed by atoms with Gasteiger partial charge in [0.2, 0.25) is 5.78 Å². The lowest BCUT2D eigenvalue weighted by Crippen LogP contribution is -2.03. The van der Waals surface area contributed by atoms with Crippen molar-refractivity contribution in [2.24, 2.45) is 0 Å². The van der Waals surface area contributed by atoms with E-state index in [-0.39, 0.29) is 5.78 Å². The molecule has 15 heavy (non-hydrogen) atoms. The molecule has 1 heterocycles. The van der Waals surface area contributed by atoms with Crippen molar-refractivity contribution in [3.63, 3.8) is 0 Å². The fraction of sp³-hybridized carbons (Fsp3) is 0.100. The summed E-state index contributed by atoms with van der Waals surface area (Å²) in [6.45, 7) is 0. The molecule has 0 N–H and O–H groups in total. The molecule has 76 valence electrons. The van der Waals surface area contributed by atoms with Crippen LogP contribution in [-0.2, 0) is 5.33 Å². The zero-order chi connectivity index (χ0) is 10.7. The first-order chi connectivity index (χ1) is 7.33. The fourth-order valence-electron chi connectivity index (χ4n) is 1.20. The van der Waals surface area contributed by atoms with Crippen LogP contribution in [0.2, 0.25) is 0 Å². The molecule has 0 bridgehead atoms. The van der Waals surface area contributed by atoms with Crippen LogP contribution in [-0.4, -0.2) is 15.4 Å². The lowest BCUT2D eigenvalue weighted by atomic mass is 10.1. The van der Waals surface area contributed by atoms with E-state index in [2.05, 4.69) is 25.5 Å². The van der Waals surface area contributed by atoms with Gasteiger partial charge in [0, 0.05) is 10.9 Å². The van der Waals surface area contributed by atoms with Gasteiger partial charge in [0.05, 0.1) is 4.88 Å². The Morgan fingerprint density at radius 2 is 2.07 bits per heavy atom. The molecule has 0 radical (unpaired) electrons. The Balaban J connectivity index is 2.37. The minimum Gasteiger partial charge on any atom is -0.287 e. The Hall–Kier alpha value is -1.07. The SMILES string of the molecule is O=C(c1ccccc1)c1nnsc1CBr. The molecule has 0 aliphatic heterocycles. The molecule has 0 unspecified atom stereocenters. The van der Waals surface area contributed by atoms with Crippen molar-refractivity contribution < 1.29 is 4.79 Å². The summed E-state index contributed by atoms with van der Waals surface area (Å²) in [5, 5.41) is 4.46. The predicted octanol–water partition coefficient (Wildman–Crippen LogP) is 2.66. The first kappa shape index (κ1) is 10.4. The summed E-state index contributed by atoms with van der Waals surface area (Å²) >= 11 is 4.55. The molecule has 0 saturated heterocycles. The summed E-state index contributed by atoms with van der Waals surface area (Å²) in [6, 6.07) is 9.10. The van der Waals surface area contributed by atoms with Crippen molar-refractivity contribution in [2.45, 2.75) is 5.33 Å². The zero-order valence-electron chi connectivity index (χ0n) is 7.68. The molecule has 1 aromatic heterocycles. The molecule has 0 atom stereocenters. The maximum Gasteiger partial charge on any atom is 0.214 e. The third kappa shape index (κ3) is 2.13. The fourth-order valence-corrected chi connectivity index (χ4v) is 2.26. The van der Waals surface area contributed by atoms with Crippen LogP contribution in [0.4, 0.5) is 0 Å². The number of aromatic nitrogens is 2. The van der Waals surface area contributed by atoms with E-state index >= 15 is 0 Å². The summed E-state index contributed by atoms with van der Waals surface area (Å²) in [6.07, 6.45) is 0. The summed E-state index contributed by atoms with van der Waals surface area (Å²) in [7, 11) is 0. The molecule has 2 aromatic rings. The number of hydrogen-bond acceptors (Lipinski definition) is 4. The molecular weight excluding hydrogens is 276 g/mol. The Kier molecular flexibility index (Phi) is 3.23. The van der Waals surface area contributed by atoms with E-state index in [0.29, 0.717) is 16.6 Å². The van der Waals surface area contributed by atoms with Crippen molar-refractivity contribution >= 4 is 33.2 Å². The first-order valence-corrected chi connectivity index (χ1v) is 6.19. The molecular formula is C10H7BrN2OS. The smallest absolute Gasteiger partial charge is 0.214 e. The minimum atomic E-state index is -0.0706. The monoisotopic (exact) mass is 282 g/mol. The quantitative estimate of drug-likeness (QED) is 0.642. The maximum absolute atomic E-state index is 12.0. The van der Waals surface area contributed by atoms with Crippen LogP contribution in [0.25, 0.3) is 0 Å². The Morgan fingerprint density at radius 3 is 2.73 bits per heavy atom. The van der Waals surface area contributed by atoms with Gasteiger partial charge in [0.1, 0.15) is 0 Å². The van der Waals surface area contributed by atoms with Gasteiger partial charge in [0.25, 0.3) is 0 Å². The normalized spacial score (nSPS) is 10.2. The maximum atomic E-state index is 12.0. The highest BCUT2D eigenvalue weighted by molar-refractivity contribution is 9.08. The summed E-state index contributed by atoms with van der Waals surface area (Å²) in [4.78, 5) is 12.8. The van der Waals surface area contributed by atoms with Gasteiger partial charge in [-0.15, -0.1) is 5.10 Å². The van der Waals surface area contributed by atoms with Gasteiger partial charge in [-0.25, -0.2) is 0 Å². The van der Waals surface area contributed by atoms with Crippen LogP contribution in [0.3, 0.4) is 0 Å². The number of carbonyl (C=O) groups is 1. The van der Waals surface area contributed by atoms with Crippen LogP contribution >= 0.6 is 27.5 Å². The van der Waals surface area contributed by atoms with Crippen molar-refractivity contribution in [2.75, 3.05) is 0 Å². The molecule has 0 aliphatic rings. The van der Waals surface area contributed by atoms with Gasteiger partial charge < -0.3 is 0 Å². The van der Waals surface area contributed by atoms with Gasteiger partial charge in [-0.1, -0.05) is 50.8 Å². The number of halogens is 1. The molecule has 1 aromatic carbocycles. The molecule has 0 spiro atoms. The Bertz CT molecular complexity index is 469. The topological polar surface area (TPSA) is 42.9 Å². The number of alkyl halides is 1. The standard InChI is InChI=1S/C10H7BrN2OS/c11-6-8-9(12-13-15-8)10(14)7-4-2-1-3-5-7/h1-5H,6H2. The van der Waals surface area contributed by atoms with Crippen LogP contribution < -0.4 is 0 Å². The van der Waals surface area contributed by atoms with E-state index in [4.69, 9.17) is 0 Å². The molecule has 0 amide bonds. The van der Waals surface area contributed by atoms with Crippen molar-refractivity contribution in [1.82, 2.24) is 9.59 Å². The van der Waals surface area contributed by atoms with E-state index in [0.717, 1.165) is 4.88 Å². The third-order valence-electron chi connectivity index (χ3n) is 1.93. The van der Waals surface area contributed by atoms with E-state index in [1.807, 2.05) is 18.2 Å². The Labute approximate surface area is 99.4 Å². The second kappa shape index (κ2) is 4.63. The van der Waals surface area contributed by atoms with Gasteiger partial charge in [-0.05, 0) is 11.5 Å². The number of ketones is 1. The second-order valence-corrected chi connectivity index (χ2v) is 4.27. The first-order valence-electron chi connectivity index (χ1n) is 4.30. The summed E-state index contributed by atoms with van der Waals surface area (Å²) in [5.74, 6) is -0.0706. The second-order valence-electron chi connectivity index (χ2n) is 2.87. The predicted molar refractivity (Wildman–Crippen MR) is 62.4 cm³/mol. The van der Waals surface area contributed by atoms with Crippen LogP contribution in [0.15, 0.2) is 30.3 Å². The van der Waals surface area contributed by atoms with E-state index in [1.165, 1.54) is 11.5 Å². The summed E-state index contributed by atoms with van der Waals surface area (Å²) in [5.41, 5.74) is 1.09. The zero-order valence-corrected chi connectivity index (χ0v) is 10.1. The van der Waals surface area contributed by atoms with Crippen molar-refractivity contribution in [3.05, 3.63) is 46.5 Å². The Morgan fingerprint density at radius 1 is 1.33 bits per heavy atom. The molecule has 2 rings (SSSR count). The summed E-state index contributed by atoms with van der Waals surface area (Å²) < 4.78 is 3.78. The molecule has 0 saturated carbocycles. The van der Waals surface area contributed by atoms with Gasteiger partial charge in [0.15, 0.2) is 5.69 Å². The van der Waals surface area contributed by atoms with Gasteiger partial charge in [-0.2, -0.15) is 0 Å². The van der Waals surface area contributed by atoms with Crippen molar-refractivity contribution in [3.8, 4) is 0 Å². The van der Waals surface area contributed by atoms with Crippen LogP contribution in [0.5, 0.6) is 0 Å². The van der Waals surface area contributed by atoms with Crippen LogP contribution in [0, 0.1) is 0 Å². The lowest BCUT2D eigenvalue weighted by Gasteiger charge is -1.97. The highest BCUT2D eigenvalue weighted by atomic mass is 79.9. The third-order valence-corrected chi connectivity index (χ3v) is 3.58. The molecule has 3 nitrogen and oxygen atoms in total. The average molecular weight is 283 g/mol. The highest BCUT2D eigenvalue weighted by Crippen LogP contribution is 2.17. The van der Waals surface area contributed by atoms with E-state index < -0.39 is 0 Å². The minimum absolute atomic E-state index is 0.0706. The molecule has 0 fully saturated rings. The number of rotatable bonds is 3. The highest BCUT2D eigenvalue weighted by Gasteiger charge is 2.16. The van der Waals surface area contributed by atoms with Gasteiger partial charge in [-0.3, -0.25) is 4.79 Å². The van der Waals surface area contributed by atoms with Crippen molar-refractivity contribution in [1.29, 1.82) is 0 Å². The molecule has 5 heteroatoms. The molecule has 0 aliphatic carbocycles. The van der Waals surface area contributed by atoms with E-state index in [1.54, 1.807) is 12.1 Å². The number of carbonyl (C=O) groups excluding carboxylic acids is 1.